The Bertz CT molecular complexity index is 422. The molecule has 0 aliphatic rings. The SMILES string of the molecule is ClCCNCCc1c[nH]c2ccccc12. The van der Waals surface area contributed by atoms with Gasteiger partial charge in [-0.1, -0.05) is 18.2 Å². The molecule has 0 radical (unpaired) electrons. The van der Waals surface area contributed by atoms with Crippen molar-refractivity contribution in [2.75, 3.05) is 19.0 Å². The lowest BCUT2D eigenvalue weighted by molar-refractivity contribution is 0.721. The van der Waals surface area contributed by atoms with Crippen LogP contribution in [-0.4, -0.2) is 24.0 Å². The van der Waals surface area contributed by atoms with Crippen LogP contribution in [0.3, 0.4) is 0 Å². The Labute approximate surface area is 94.6 Å². The molecule has 0 bridgehead atoms. The van der Waals surface area contributed by atoms with Crippen LogP contribution < -0.4 is 5.32 Å². The van der Waals surface area contributed by atoms with Crippen molar-refractivity contribution in [3.63, 3.8) is 0 Å². The molecule has 0 fully saturated rings. The van der Waals surface area contributed by atoms with E-state index in [1.54, 1.807) is 0 Å². The number of hydrogen-bond acceptors (Lipinski definition) is 1. The average Bonchev–Trinajstić information content (AvgIpc) is 2.68. The zero-order valence-corrected chi connectivity index (χ0v) is 9.35. The van der Waals surface area contributed by atoms with Crippen LogP contribution in [0.1, 0.15) is 5.56 Å². The summed E-state index contributed by atoms with van der Waals surface area (Å²) >= 11 is 5.59. The molecule has 0 atom stereocenters. The zero-order valence-electron chi connectivity index (χ0n) is 8.59. The molecule has 0 spiro atoms. The topological polar surface area (TPSA) is 27.8 Å². The first kappa shape index (κ1) is 10.5. The molecule has 1 heterocycles. The van der Waals surface area contributed by atoms with Gasteiger partial charge in [0.1, 0.15) is 0 Å². The molecule has 2 rings (SSSR count). The fourth-order valence-corrected chi connectivity index (χ4v) is 1.89. The highest BCUT2D eigenvalue weighted by Crippen LogP contribution is 2.17. The van der Waals surface area contributed by atoms with E-state index in [9.17, 15) is 0 Å². The molecule has 15 heavy (non-hydrogen) atoms. The van der Waals surface area contributed by atoms with Gasteiger partial charge >= 0.3 is 0 Å². The van der Waals surface area contributed by atoms with Gasteiger partial charge in [-0.2, -0.15) is 0 Å². The fourth-order valence-electron chi connectivity index (χ4n) is 1.75. The Hall–Kier alpha value is -0.990. The molecule has 1 aromatic heterocycles. The van der Waals surface area contributed by atoms with Crippen molar-refractivity contribution >= 4 is 22.5 Å². The molecule has 0 saturated carbocycles. The average molecular weight is 223 g/mol. The number of fused-ring (bicyclic) bond motifs is 1. The quantitative estimate of drug-likeness (QED) is 0.591. The zero-order chi connectivity index (χ0) is 10.5. The lowest BCUT2D eigenvalue weighted by Crippen LogP contribution is -2.19. The van der Waals surface area contributed by atoms with E-state index >= 15 is 0 Å². The first-order chi connectivity index (χ1) is 7.42. The largest absolute Gasteiger partial charge is 0.361 e. The van der Waals surface area contributed by atoms with E-state index in [4.69, 9.17) is 11.6 Å². The summed E-state index contributed by atoms with van der Waals surface area (Å²) in [4.78, 5) is 3.28. The number of nitrogens with one attached hydrogen (secondary N) is 2. The van der Waals surface area contributed by atoms with Crippen LogP contribution in [0.25, 0.3) is 10.9 Å². The summed E-state index contributed by atoms with van der Waals surface area (Å²) in [5.41, 5.74) is 2.58. The van der Waals surface area contributed by atoms with Crippen molar-refractivity contribution < 1.29 is 0 Å². The van der Waals surface area contributed by atoms with E-state index in [1.807, 2.05) is 6.07 Å². The molecule has 0 amide bonds. The van der Waals surface area contributed by atoms with E-state index < -0.39 is 0 Å². The lowest BCUT2D eigenvalue weighted by atomic mass is 10.1. The number of para-hydroxylation sites is 1. The maximum atomic E-state index is 5.59. The summed E-state index contributed by atoms with van der Waals surface area (Å²) in [5, 5.41) is 4.62. The van der Waals surface area contributed by atoms with Crippen molar-refractivity contribution in [1.82, 2.24) is 10.3 Å². The molecule has 2 aromatic rings. The number of H-pyrrole nitrogens is 1. The number of halogens is 1. The second-order valence-electron chi connectivity index (χ2n) is 3.55. The van der Waals surface area contributed by atoms with Gasteiger partial charge in [0.15, 0.2) is 0 Å². The number of aromatic amines is 1. The van der Waals surface area contributed by atoms with Crippen LogP contribution in [-0.2, 0) is 6.42 Å². The Kier molecular flexibility index (Phi) is 3.64. The van der Waals surface area contributed by atoms with Gasteiger partial charge in [-0.05, 0) is 24.6 Å². The molecule has 1 aromatic carbocycles. The summed E-state index contributed by atoms with van der Waals surface area (Å²) in [6.45, 7) is 1.86. The molecule has 0 aliphatic heterocycles. The summed E-state index contributed by atoms with van der Waals surface area (Å²) in [6, 6.07) is 8.38. The highest BCUT2D eigenvalue weighted by atomic mass is 35.5. The Morgan fingerprint density at radius 2 is 2.07 bits per heavy atom. The highest BCUT2D eigenvalue weighted by Gasteiger charge is 2.01. The van der Waals surface area contributed by atoms with E-state index in [-0.39, 0.29) is 0 Å². The van der Waals surface area contributed by atoms with Gasteiger partial charge in [-0.3, -0.25) is 0 Å². The van der Waals surface area contributed by atoms with Crippen LogP contribution in [0.4, 0.5) is 0 Å². The van der Waals surface area contributed by atoms with Gasteiger partial charge in [-0.25, -0.2) is 0 Å². The number of aromatic nitrogens is 1. The normalized spacial score (nSPS) is 11.0. The first-order valence-electron chi connectivity index (χ1n) is 5.23. The van der Waals surface area contributed by atoms with E-state index in [0.29, 0.717) is 5.88 Å². The standard InChI is InChI=1S/C12H15ClN2/c13-6-8-14-7-5-10-9-15-12-4-2-1-3-11(10)12/h1-4,9,14-15H,5-8H2. The third-order valence-corrected chi connectivity index (χ3v) is 2.71. The van der Waals surface area contributed by atoms with Crippen molar-refractivity contribution in [3.8, 4) is 0 Å². The molecule has 0 aliphatic carbocycles. The van der Waals surface area contributed by atoms with Gasteiger partial charge in [0.05, 0.1) is 0 Å². The van der Waals surface area contributed by atoms with Crippen molar-refractivity contribution in [3.05, 3.63) is 36.0 Å². The minimum atomic E-state index is 0.674. The van der Waals surface area contributed by atoms with Crippen LogP contribution in [0.5, 0.6) is 0 Å². The van der Waals surface area contributed by atoms with Gasteiger partial charge in [-0.15, -0.1) is 11.6 Å². The van der Waals surface area contributed by atoms with Gasteiger partial charge in [0.25, 0.3) is 0 Å². The number of rotatable bonds is 5. The van der Waals surface area contributed by atoms with Crippen molar-refractivity contribution in [1.29, 1.82) is 0 Å². The Morgan fingerprint density at radius 3 is 2.93 bits per heavy atom. The maximum Gasteiger partial charge on any atom is 0.0456 e. The van der Waals surface area contributed by atoms with E-state index in [0.717, 1.165) is 19.5 Å². The van der Waals surface area contributed by atoms with Crippen LogP contribution in [0.15, 0.2) is 30.5 Å². The first-order valence-corrected chi connectivity index (χ1v) is 5.77. The second-order valence-corrected chi connectivity index (χ2v) is 3.93. The third-order valence-electron chi connectivity index (χ3n) is 2.52. The lowest BCUT2D eigenvalue weighted by Gasteiger charge is -2.01. The van der Waals surface area contributed by atoms with E-state index in [2.05, 4.69) is 34.7 Å². The highest BCUT2D eigenvalue weighted by molar-refractivity contribution is 6.18. The van der Waals surface area contributed by atoms with Gasteiger partial charge < -0.3 is 10.3 Å². The maximum absolute atomic E-state index is 5.59. The molecule has 3 heteroatoms. The van der Waals surface area contributed by atoms with Crippen molar-refractivity contribution in [2.45, 2.75) is 6.42 Å². The minimum Gasteiger partial charge on any atom is -0.361 e. The molecule has 0 unspecified atom stereocenters. The minimum absolute atomic E-state index is 0.674. The predicted octanol–water partition coefficient (Wildman–Crippen LogP) is 2.54. The van der Waals surface area contributed by atoms with Crippen LogP contribution in [0.2, 0.25) is 0 Å². The summed E-state index contributed by atoms with van der Waals surface area (Å²) < 4.78 is 0. The molecule has 2 nitrogen and oxygen atoms in total. The number of alkyl halides is 1. The number of benzene rings is 1. The van der Waals surface area contributed by atoms with Crippen LogP contribution >= 0.6 is 11.6 Å². The van der Waals surface area contributed by atoms with Crippen LogP contribution in [0, 0.1) is 0 Å². The monoisotopic (exact) mass is 222 g/mol. The van der Waals surface area contributed by atoms with Gasteiger partial charge in [0.2, 0.25) is 0 Å². The van der Waals surface area contributed by atoms with E-state index in [1.165, 1.54) is 16.5 Å². The van der Waals surface area contributed by atoms with Crippen molar-refractivity contribution in [2.24, 2.45) is 0 Å². The molecular formula is C12H15ClN2. The Balaban J connectivity index is 2.02. The van der Waals surface area contributed by atoms with Gasteiger partial charge in [0, 0.05) is 29.5 Å². The smallest absolute Gasteiger partial charge is 0.0456 e. The summed E-state index contributed by atoms with van der Waals surface area (Å²) in [7, 11) is 0. The molecule has 80 valence electrons. The summed E-state index contributed by atoms with van der Waals surface area (Å²) in [6.07, 6.45) is 3.13. The molecular weight excluding hydrogens is 208 g/mol. The predicted molar refractivity (Wildman–Crippen MR) is 65.6 cm³/mol. The fraction of sp³-hybridized carbons (Fsp3) is 0.333. The Morgan fingerprint density at radius 1 is 1.20 bits per heavy atom. The second kappa shape index (κ2) is 5.19. The molecule has 2 N–H and O–H groups in total. The third kappa shape index (κ3) is 2.52. The summed E-state index contributed by atoms with van der Waals surface area (Å²) in [5.74, 6) is 0.674. The number of hydrogen-bond donors (Lipinski definition) is 2. The molecule has 0 saturated heterocycles.